The van der Waals surface area contributed by atoms with Crippen LogP contribution in [0, 0.1) is 0 Å². The molecule has 1 aromatic heterocycles. The van der Waals surface area contributed by atoms with Crippen LogP contribution in [0.2, 0.25) is 0 Å². The molecule has 0 aliphatic carbocycles. The van der Waals surface area contributed by atoms with Gasteiger partial charge < -0.3 is 10.1 Å². The number of hydrogen-bond donors (Lipinski definition) is 2. The van der Waals surface area contributed by atoms with Crippen molar-refractivity contribution in [3.8, 4) is 0 Å². The van der Waals surface area contributed by atoms with Crippen LogP contribution in [0.4, 0.5) is 0 Å². The Bertz CT molecular complexity index is 323. The van der Waals surface area contributed by atoms with E-state index in [1.165, 1.54) is 0 Å². The summed E-state index contributed by atoms with van der Waals surface area (Å²) in [6.07, 6.45) is 2.36. The summed E-state index contributed by atoms with van der Waals surface area (Å²) in [6, 6.07) is 0. The molecule has 1 aromatic rings. The monoisotopic (exact) mass is 196 g/mol. The van der Waals surface area contributed by atoms with E-state index in [-0.39, 0.29) is 11.8 Å². The van der Waals surface area contributed by atoms with Gasteiger partial charge in [0.05, 0.1) is 6.42 Å². The minimum absolute atomic E-state index is 0.0362. The van der Waals surface area contributed by atoms with Crippen LogP contribution in [0.3, 0.4) is 0 Å². The summed E-state index contributed by atoms with van der Waals surface area (Å²) < 4.78 is 0. The van der Waals surface area contributed by atoms with Crippen LogP contribution in [0.25, 0.3) is 0 Å². The normalized spacial score (nSPS) is 11.6. The third kappa shape index (κ3) is 2.87. The Morgan fingerprint density at radius 1 is 1.57 bits per heavy atom. The maximum absolute atomic E-state index is 10.3. The van der Waals surface area contributed by atoms with E-state index >= 15 is 0 Å². The third-order valence-electron chi connectivity index (χ3n) is 2.01. The van der Waals surface area contributed by atoms with Gasteiger partial charge in [0.25, 0.3) is 0 Å². The molecular formula is C10H16N2O2. The molecule has 0 aliphatic heterocycles. The molecule has 0 atom stereocenters. The number of carboxylic acid groups (broad SMARTS) is 1. The zero-order valence-corrected chi connectivity index (χ0v) is 8.79. The second kappa shape index (κ2) is 3.82. The van der Waals surface area contributed by atoms with E-state index in [0.29, 0.717) is 6.42 Å². The van der Waals surface area contributed by atoms with Crippen molar-refractivity contribution in [2.45, 2.75) is 39.0 Å². The fourth-order valence-corrected chi connectivity index (χ4v) is 1.10. The first-order valence-corrected chi connectivity index (χ1v) is 4.66. The third-order valence-corrected chi connectivity index (χ3v) is 2.01. The number of carbonyl (C=O) groups is 1. The lowest BCUT2D eigenvalue weighted by atomic mass is 9.93. The summed E-state index contributed by atoms with van der Waals surface area (Å²) >= 11 is 0. The Morgan fingerprint density at radius 3 is 2.64 bits per heavy atom. The minimum Gasteiger partial charge on any atom is -0.481 e. The zero-order chi connectivity index (χ0) is 10.8. The van der Waals surface area contributed by atoms with Crippen molar-refractivity contribution in [2.75, 3.05) is 0 Å². The van der Waals surface area contributed by atoms with E-state index in [4.69, 9.17) is 5.11 Å². The summed E-state index contributed by atoms with van der Waals surface area (Å²) in [6.45, 7) is 6.25. The summed E-state index contributed by atoms with van der Waals surface area (Å²) in [5, 5.41) is 8.50. The Hall–Kier alpha value is -1.32. The van der Waals surface area contributed by atoms with Gasteiger partial charge in [-0.05, 0) is 0 Å². The Labute approximate surface area is 83.4 Å². The fraction of sp³-hybridized carbons (Fsp3) is 0.600. The highest BCUT2D eigenvalue weighted by molar-refractivity contribution is 5.66. The molecule has 0 aromatic carbocycles. The number of H-pyrrole nitrogens is 1. The highest BCUT2D eigenvalue weighted by atomic mass is 16.4. The maximum Gasteiger partial charge on any atom is 0.303 e. The topological polar surface area (TPSA) is 66.0 Å². The van der Waals surface area contributed by atoms with E-state index in [1.54, 1.807) is 6.20 Å². The molecule has 0 fully saturated rings. The van der Waals surface area contributed by atoms with Gasteiger partial charge in [0.1, 0.15) is 5.82 Å². The van der Waals surface area contributed by atoms with Crippen molar-refractivity contribution in [1.29, 1.82) is 0 Å². The van der Waals surface area contributed by atoms with Gasteiger partial charge in [0.2, 0.25) is 0 Å². The molecule has 0 bridgehead atoms. The molecule has 0 radical (unpaired) electrons. The van der Waals surface area contributed by atoms with Gasteiger partial charge in [-0.25, -0.2) is 4.98 Å². The number of aromatic nitrogens is 2. The molecule has 0 saturated heterocycles. The van der Waals surface area contributed by atoms with E-state index in [9.17, 15) is 4.79 Å². The number of nitrogens with zero attached hydrogens (tertiary/aromatic N) is 1. The first kappa shape index (κ1) is 10.8. The molecule has 0 unspecified atom stereocenters. The van der Waals surface area contributed by atoms with Gasteiger partial charge in [-0.15, -0.1) is 0 Å². The predicted molar refractivity (Wildman–Crippen MR) is 53.2 cm³/mol. The first-order valence-electron chi connectivity index (χ1n) is 4.66. The van der Waals surface area contributed by atoms with Crippen LogP contribution in [-0.2, 0) is 16.6 Å². The lowest BCUT2D eigenvalue weighted by molar-refractivity contribution is -0.137. The van der Waals surface area contributed by atoms with Gasteiger partial charge in [-0.2, -0.15) is 0 Å². The van der Waals surface area contributed by atoms with Crippen LogP contribution in [0.15, 0.2) is 6.20 Å². The minimum atomic E-state index is -0.793. The van der Waals surface area contributed by atoms with Gasteiger partial charge in [0, 0.05) is 23.7 Å². The average molecular weight is 196 g/mol. The van der Waals surface area contributed by atoms with E-state index < -0.39 is 5.97 Å². The fourth-order valence-electron chi connectivity index (χ4n) is 1.10. The van der Waals surface area contributed by atoms with Crippen LogP contribution < -0.4 is 0 Å². The number of aromatic amines is 1. The summed E-state index contributed by atoms with van der Waals surface area (Å²) in [5.74, 6) is -0.0453. The molecule has 0 amide bonds. The molecule has 1 heterocycles. The molecule has 0 spiro atoms. The van der Waals surface area contributed by atoms with Gasteiger partial charge in [-0.1, -0.05) is 20.8 Å². The second-order valence-corrected chi connectivity index (χ2v) is 4.39. The lowest BCUT2D eigenvalue weighted by Crippen LogP contribution is -2.11. The number of nitrogens with one attached hydrogen (secondary N) is 1. The standard InChI is InChI=1S/C10H16N2O2/c1-10(2,3)7-6-11-8(12-7)4-5-9(13)14/h6H,4-5H2,1-3H3,(H,11,12)(H,13,14). The smallest absolute Gasteiger partial charge is 0.303 e. The van der Waals surface area contributed by atoms with Crippen molar-refractivity contribution in [3.63, 3.8) is 0 Å². The summed E-state index contributed by atoms with van der Waals surface area (Å²) in [7, 11) is 0. The highest BCUT2D eigenvalue weighted by Crippen LogP contribution is 2.19. The average Bonchev–Trinajstić information content (AvgIpc) is 2.47. The number of carboxylic acids is 1. The summed E-state index contributed by atoms with van der Waals surface area (Å²) in [4.78, 5) is 17.6. The van der Waals surface area contributed by atoms with Gasteiger partial charge >= 0.3 is 5.97 Å². The number of imidazole rings is 1. The van der Waals surface area contributed by atoms with Crippen molar-refractivity contribution in [1.82, 2.24) is 9.97 Å². The second-order valence-electron chi connectivity index (χ2n) is 4.39. The van der Waals surface area contributed by atoms with Gasteiger partial charge in [-0.3, -0.25) is 4.79 Å². The molecule has 78 valence electrons. The molecule has 0 saturated carbocycles. The number of hydrogen-bond acceptors (Lipinski definition) is 2. The van der Waals surface area contributed by atoms with Crippen LogP contribution in [0.1, 0.15) is 38.7 Å². The van der Waals surface area contributed by atoms with E-state index in [2.05, 4.69) is 30.7 Å². The molecule has 2 N–H and O–H groups in total. The van der Waals surface area contributed by atoms with Crippen LogP contribution >= 0.6 is 0 Å². The molecule has 14 heavy (non-hydrogen) atoms. The maximum atomic E-state index is 10.3. The van der Waals surface area contributed by atoms with Crippen LogP contribution in [0.5, 0.6) is 0 Å². The van der Waals surface area contributed by atoms with Crippen LogP contribution in [-0.4, -0.2) is 21.0 Å². The van der Waals surface area contributed by atoms with Crippen molar-refractivity contribution < 1.29 is 9.90 Å². The van der Waals surface area contributed by atoms with Crippen molar-refractivity contribution in [3.05, 3.63) is 17.7 Å². The SMILES string of the molecule is CC(C)(C)c1cnc(CCC(=O)O)[nH]1. The zero-order valence-electron chi connectivity index (χ0n) is 8.79. The van der Waals surface area contributed by atoms with Crippen molar-refractivity contribution in [2.24, 2.45) is 0 Å². The van der Waals surface area contributed by atoms with E-state index in [0.717, 1.165) is 11.5 Å². The molecule has 4 nitrogen and oxygen atoms in total. The highest BCUT2D eigenvalue weighted by Gasteiger charge is 2.16. The Balaban J connectivity index is 2.64. The number of rotatable bonds is 3. The first-order chi connectivity index (χ1) is 6.39. The molecule has 1 rings (SSSR count). The number of aliphatic carboxylic acids is 1. The number of aryl methyl sites for hydroxylation is 1. The quantitative estimate of drug-likeness (QED) is 0.773. The Morgan fingerprint density at radius 2 is 2.21 bits per heavy atom. The summed E-state index contributed by atoms with van der Waals surface area (Å²) in [5.41, 5.74) is 1.08. The van der Waals surface area contributed by atoms with E-state index in [1.807, 2.05) is 0 Å². The lowest BCUT2D eigenvalue weighted by Gasteiger charge is -2.14. The molecule has 4 heteroatoms. The molecular weight excluding hydrogens is 180 g/mol. The van der Waals surface area contributed by atoms with Crippen molar-refractivity contribution >= 4 is 5.97 Å². The predicted octanol–water partition coefficient (Wildman–Crippen LogP) is 1.72. The largest absolute Gasteiger partial charge is 0.481 e. The Kier molecular flexibility index (Phi) is 2.93. The van der Waals surface area contributed by atoms with Gasteiger partial charge in [0.15, 0.2) is 0 Å². The molecule has 0 aliphatic rings.